The monoisotopic (exact) mass is 386 g/mol. The molecule has 0 bridgehead atoms. The van der Waals surface area contributed by atoms with Gasteiger partial charge in [-0.1, -0.05) is 34.1 Å². The van der Waals surface area contributed by atoms with Crippen LogP contribution in [0.15, 0.2) is 0 Å². The van der Waals surface area contributed by atoms with Gasteiger partial charge in [0.2, 0.25) is 0 Å². The first-order chi connectivity index (χ1) is 8.60. The van der Waals surface area contributed by atoms with Crippen LogP contribution in [0.1, 0.15) is 40.5 Å². The van der Waals surface area contributed by atoms with Crippen molar-refractivity contribution < 1.29 is 4.74 Å². The first-order valence-electron chi connectivity index (χ1n) is 7.58. The van der Waals surface area contributed by atoms with Crippen molar-refractivity contribution in [3.8, 4) is 0 Å². The Morgan fingerprint density at radius 1 is 1.16 bits per heavy atom. The van der Waals surface area contributed by atoms with Gasteiger partial charge in [-0.3, -0.25) is 4.90 Å². The summed E-state index contributed by atoms with van der Waals surface area (Å²) in [4.78, 5) is 4.80. The Bertz CT molecular complexity index is 174. The van der Waals surface area contributed by atoms with Gasteiger partial charge in [-0.25, -0.2) is 0 Å². The molecule has 0 aromatic heterocycles. The van der Waals surface area contributed by atoms with Gasteiger partial charge in [0.1, 0.15) is 0 Å². The lowest BCUT2D eigenvalue weighted by Gasteiger charge is -2.26. The van der Waals surface area contributed by atoms with Crippen LogP contribution in [0.2, 0.25) is 0 Å². The minimum atomic E-state index is 0. The average Bonchev–Trinajstić information content (AvgIpc) is 2.37. The van der Waals surface area contributed by atoms with E-state index in [1.165, 1.54) is 25.9 Å². The summed E-state index contributed by atoms with van der Waals surface area (Å²) in [6.07, 6.45) is 2.64. The molecule has 4 heteroatoms. The van der Waals surface area contributed by atoms with Crippen molar-refractivity contribution in [2.45, 2.75) is 40.5 Å². The first-order valence-corrected chi connectivity index (χ1v) is 7.58. The van der Waals surface area contributed by atoms with E-state index >= 15 is 0 Å². The molecule has 0 amide bonds. The maximum atomic E-state index is 5.24. The molecule has 0 aromatic carbocycles. The normalized spacial score (nSPS) is 15.9. The summed E-state index contributed by atoms with van der Waals surface area (Å²) in [6, 6.07) is 0. The fourth-order valence-electron chi connectivity index (χ4n) is 1.96. The standard InChI is InChI=1S/C8H17NO.C7H17N.HI/c1-2-3-4-9-5-7-10-8-6-9;1-5-8(4)6-7(2)3;/h2-8H2,1H3;7H,5-6H2,1-4H3;1H. The van der Waals surface area contributed by atoms with E-state index in [-0.39, 0.29) is 24.0 Å². The number of rotatable bonds is 6. The Kier molecular flexibility index (Phi) is 17.3. The van der Waals surface area contributed by atoms with Crippen molar-refractivity contribution in [3.63, 3.8) is 0 Å². The molecule has 0 radical (unpaired) electrons. The SMILES string of the molecule is CCCCN1CCOCC1.CCN(C)CC(C)C.I. The van der Waals surface area contributed by atoms with Gasteiger partial charge in [0.15, 0.2) is 0 Å². The predicted octanol–water partition coefficient (Wildman–Crippen LogP) is 3.33. The largest absolute Gasteiger partial charge is 0.379 e. The smallest absolute Gasteiger partial charge is 0.0594 e. The molecule has 0 saturated carbocycles. The number of hydrogen-bond donors (Lipinski definition) is 0. The fraction of sp³-hybridized carbons (Fsp3) is 1.00. The number of nitrogens with zero attached hydrogens (tertiary/aromatic N) is 2. The lowest BCUT2D eigenvalue weighted by molar-refractivity contribution is 0.0373. The van der Waals surface area contributed by atoms with Crippen LogP contribution < -0.4 is 0 Å². The summed E-state index contributed by atoms with van der Waals surface area (Å²) in [7, 11) is 2.15. The maximum Gasteiger partial charge on any atom is 0.0594 e. The summed E-state index contributed by atoms with van der Waals surface area (Å²) in [5.74, 6) is 0.806. The summed E-state index contributed by atoms with van der Waals surface area (Å²) in [5.41, 5.74) is 0. The van der Waals surface area contributed by atoms with E-state index in [4.69, 9.17) is 4.74 Å². The molecular weight excluding hydrogens is 351 g/mol. The molecule has 0 spiro atoms. The fourth-order valence-corrected chi connectivity index (χ4v) is 1.96. The van der Waals surface area contributed by atoms with Gasteiger partial charge in [0.25, 0.3) is 0 Å². The molecule has 1 aliphatic rings. The second-order valence-electron chi connectivity index (χ2n) is 5.56. The van der Waals surface area contributed by atoms with Gasteiger partial charge in [-0.2, -0.15) is 0 Å². The highest BCUT2D eigenvalue weighted by molar-refractivity contribution is 14.0. The van der Waals surface area contributed by atoms with Crippen molar-refractivity contribution in [3.05, 3.63) is 0 Å². The van der Waals surface area contributed by atoms with Gasteiger partial charge < -0.3 is 9.64 Å². The van der Waals surface area contributed by atoms with Gasteiger partial charge in [0.05, 0.1) is 13.2 Å². The van der Waals surface area contributed by atoms with E-state index in [1.54, 1.807) is 0 Å². The molecule has 0 aliphatic carbocycles. The number of halogens is 1. The number of ether oxygens (including phenoxy) is 1. The Hall–Kier alpha value is 0.610. The highest BCUT2D eigenvalue weighted by Crippen LogP contribution is 1.98. The van der Waals surface area contributed by atoms with Crippen molar-refractivity contribution in [1.82, 2.24) is 9.80 Å². The summed E-state index contributed by atoms with van der Waals surface area (Å²) in [5, 5.41) is 0. The van der Waals surface area contributed by atoms with Crippen LogP contribution in [-0.4, -0.2) is 62.8 Å². The van der Waals surface area contributed by atoms with E-state index in [0.29, 0.717) is 0 Å². The van der Waals surface area contributed by atoms with Crippen molar-refractivity contribution in [1.29, 1.82) is 0 Å². The highest BCUT2D eigenvalue weighted by Gasteiger charge is 2.07. The Morgan fingerprint density at radius 3 is 2.11 bits per heavy atom. The van der Waals surface area contributed by atoms with Crippen LogP contribution in [0, 0.1) is 5.92 Å². The summed E-state index contributed by atoms with van der Waals surface area (Å²) >= 11 is 0. The average molecular weight is 386 g/mol. The zero-order valence-corrected chi connectivity index (χ0v) is 16.0. The van der Waals surface area contributed by atoms with Crippen molar-refractivity contribution in [2.24, 2.45) is 5.92 Å². The minimum Gasteiger partial charge on any atom is -0.379 e. The zero-order valence-electron chi connectivity index (χ0n) is 13.7. The van der Waals surface area contributed by atoms with E-state index < -0.39 is 0 Å². The van der Waals surface area contributed by atoms with E-state index in [0.717, 1.165) is 38.8 Å². The third-order valence-electron chi connectivity index (χ3n) is 3.15. The lowest BCUT2D eigenvalue weighted by Crippen LogP contribution is -2.36. The molecule has 0 aromatic rings. The van der Waals surface area contributed by atoms with Crippen LogP contribution in [0.3, 0.4) is 0 Å². The Labute approximate surface area is 138 Å². The molecule has 1 heterocycles. The number of morpholine rings is 1. The van der Waals surface area contributed by atoms with Crippen LogP contribution in [0.25, 0.3) is 0 Å². The third-order valence-corrected chi connectivity index (χ3v) is 3.15. The van der Waals surface area contributed by atoms with Gasteiger partial charge in [-0.05, 0) is 32.5 Å². The van der Waals surface area contributed by atoms with Gasteiger partial charge in [0, 0.05) is 19.6 Å². The van der Waals surface area contributed by atoms with Gasteiger partial charge >= 0.3 is 0 Å². The quantitative estimate of drug-likeness (QED) is 0.652. The van der Waals surface area contributed by atoms with Crippen LogP contribution >= 0.6 is 24.0 Å². The molecule has 0 unspecified atom stereocenters. The third kappa shape index (κ3) is 14.8. The lowest BCUT2D eigenvalue weighted by atomic mass is 10.2. The Balaban J connectivity index is 0. The predicted molar refractivity (Wildman–Crippen MR) is 95.6 cm³/mol. The molecule has 3 nitrogen and oxygen atoms in total. The number of hydrogen-bond acceptors (Lipinski definition) is 3. The number of unbranched alkanes of at least 4 members (excludes halogenated alkanes) is 1. The van der Waals surface area contributed by atoms with Crippen LogP contribution in [0.5, 0.6) is 0 Å². The van der Waals surface area contributed by atoms with Crippen molar-refractivity contribution >= 4 is 24.0 Å². The summed E-state index contributed by atoms with van der Waals surface area (Å²) in [6.45, 7) is 16.7. The maximum absolute atomic E-state index is 5.24. The van der Waals surface area contributed by atoms with E-state index in [1.807, 2.05) is 0 Å². The second kappa shape index (κ2) is 15.0. The first kappa shape index (κ1) is 21.9. The van der Waals surface area contributed by atoms with Crippen LogP contribution in [0.4, 0.5) is 0 Å². The molecule has 1 rings (SSSR count). The molecule has 1 fully saturated rings. The van der Waals surface area contributed by atoms with Crippen LogP contribution in [-0.2, 0) is 4.74 Å². The molecule has 118 valence electrons. The topological polar surface area (TPSA) is 15.7 Å². The molecule has 19 heavy (non-hydrogen) atoms. The molecule has 0 atom stereocenters. The van der Waals surface area contributed by atoms with Crippen molar-refractivity contribution in [2.75, 3.05) is 53.0 Å². The zero-order chi connectivity index (χ0) is 13.8. The molecular formula is C15H35IN2O. The summed E-state index contributed by atoms with van der Waals surface area (Å²) < 4.78 is 5.24. The second-order valence-corrected chi connectivity index (χ2v) is 5.56. The van der Waals surface area contributed by atoms with Gasteiger partial charge in [-0.15, -0.1) is 24.0 Å². The van der Waals surface area contributed by atoms with E-state index in [2.05, 4.69) is 44.5 Å². The molecule has 1 aliphatic heterocycles. The van der Waals surface area contributed by atoms with E-state index in [9.17, 15) is 0 Å². The Morgan fingerprint density at radius 2 is 1.74 bits per heavy atom. The molecule has 0 N–H and O–H groups in total. The highest BCUT2D eigenvalue weighted by atomic mass is 127. The molecule has 1 saturated heterocycles. The minimum absolute atomic E-state index is 0.